The third-order valence-electron chi connectivity index (χ3n) is 16.9. The molecule has 2 rings (SSSR count). The summed E-state index contributed by atoms with van der Waals surface area (Å²) < 4.78 is 22.8. The molecule has 2 aliphatic heterocycles. The van der Waals surface area contributed by atoms with Crippen LogP contribution in [0.1, 0.15) is 303 Å². The Morgan fingerprint density at radius 3 is 1.21 bits per heavy atom. The van der Waals surface area contributed by atoms with Crippen LogP contribution in [0.3, 0.4) is 0 Å². The number of aliphatic hydroxyl groups excluding tert-OH is 8. The third kappa shape index (κ3) is 37.6. The van der Waals surface area contributed by atoms with Crippen LogP contribution in [-0.2, 0) is 23.7 Å². The van der Waals surface area contributed by atoms with Gasteiger partial charge in [-0.15, -0.1) is 0 Å². The maximum absolute atomic E-state index is 13.3. The van der Waals surface area contributed by atoms with Gasteiger partial charge in [-0.25, -0.2) is 0 Å². The van der Waals surface area contributed by atoms with E-state index in [9.17, 15) is 45.6 Å². The van der Waals surface area contributed by atoms with Crippen LogP contribution in [-0.4, -0.2) is 140 Å². The number of carbonyl (C=O) groups excluding carboxylic acids is 1. The van der Waals surface area contributed by atoms with E-state index in [0.29, 0.717) is 12.8 Å². The highest BCUT2D eigenvalue weighted by Crippen LogP contribution is 2.30. The molecule has 1 amide bonds. The molecule has 0 aliphatic carbocycles. The number of allylic oxidation sites excluding steroid dienone is 3. The number of amides is 1. The van der Waals surface area contributed by atoms with E-state index in [-0.39, 0.29) is 18.9 Å². The Balaban J connectivity index is 1.70. The normalized spacial score (nSPS) is 24.2. The molecule has 0 saturated carbocycles. The van der Waals surface area contributed by atoms with Gasteiger partial charge in [-0.3, -0.25) is 4.79 Å². The lowest BCUT2D eigenvalue weighted by Gasteiger charge is -2.46. The molecule has 12 atom stereocenters. The van der Waals surface area contributed by atoms with Crippen LogP contribution in [0.4, 0.5) is 0 Å². The zero-order valence-corrected chi connectivity index (χ0v) is 51.8. The number of rotatable bonds is 56. The number of aliphatic hydroxyl groups is 8. The molecule has 0 radical (unpaired) electrons. The summed E-state index contributed by atoms with van der Waals surface area (Å²) in [7, 11) is 0. The molecule has 478 valence electrons. The van der Waals surface area contributed by atoms with Crippen LogP contribution >= 0.6 is 0 Å². The van der Waals surface area contributed by atoms with Crippen molar-refractivity contribution in [3.63, 3.8) is 0 Å². The summed E-state index contributed by atoms with van der Waals surface area (Å²) in [5.41, 5.74) is 0. The van der Waals surface area contributed by atoms with Gasteiger partial charge in [0.1, 0.15) is 48.8 Å². The molecular weight excluding hydrogens is 1030 g/mol. The van der Waals surface area contributed by atoms with Crippen molar-refractivity contribution in [2.24, 2.45) is 0 Å². The van der Waals surface area contributed by atoms with Crippen molar-refractivity contribution in [1.29, 1.82) is 0 Å². The molecular formula is C67H127NO13. The molecule has 14 heteroatoms. The zero-order valence-electron chi connectivity index (χ0n) is 51.8. The molecule has 0 bridgehead atoms. The van der Waals surface area contributed by atoms with E-state index in [1.165, 1.54) is 238 Å². The Morgan fingerprint density at radius 2 is 0.790 bits per heavy atom. The second-order valence-corrected chi connectivity index (χ2v) is 24.3. The predicted molar refractivity (Wildman–Crippen MR) is 328 cm³/mol. The molecule has 0 spiro atoms. The van der Waals surface area contributed by atoms with Gasteiger partial charge in [0.25, 0.3) is 0 Å². The Labute approximate surface area is 494 Å². The fraction of sp³-hybridized carbons (Fsp3) is 0.925. The molecule has 2 saturated heterocycles. The summed E-state index contributed by atoms with van der Waals surface area (Å²) in [5, 5.41) is 87.3. The van der Waals surface area contributed by atoms with E-state index in [2.05, 4.69) is 31.3 Å². The molecule has 0 aromatic rings. The molecule has 14 nitrogen and oxygen atoms in total. The summed E-state index contributed by atoms with van der Waals surface area (Å²) >= 11 is 0. The minimum atomic E-state index is -1.79. The summed E-state index contributed by atoms with van der Waals surface area (Å²) in [5.74, 6) is -0.242. The van der Waals surface area contributed by atoms with Crippen LogP contribution < -0.4 is 5.32 Å². The van der Waals surface area contributed by atoms with Gasteiger partial charge in [-0.05, 0) is 32.1 Å². The standard InChI is InChI=1S/C67H127NO13/c1-3-5-7-9-11-13-15-17-19-21-23-25-26-27-28-29-31-33-35-37-39-41-43-45-47-49-51-59(72)68-55(56(71)50-48-46-44-42-40-38-36-34-32-30-24-22-20-18-16-14-12-10-8-6-4-2)54-78-66-64(77)62(75)65(58(53-70)80-66)81-67-63(76)61(74)60(73)57(52-69)79-67/h40,42,48,50,55-58,60-67,69-71,73-77H,3-39,41,43-47,49,51-54H2,1-2H3,(H,68,72)/b42-40+,50-48+. The van der Waals surface area contributed by atoms with E-state index in [1.807, 2.05) is 6.08 Å². The Morgan fingerprint density at radius 1 is 0.432 bits per heavy atom. The van der Waals surface area contributed by atoms with E-state index < -0.39 is 86.8 Å². The van der Waals surface area contributed by atoms with Crippen LogP contribution in [0.15, 0.2) is 24.3 Å². The molecule has 81 heavy (non-hydrogen) atoms. The van der Waals surface area contributed by atoms with E-state index >= 15 is 0 Å². The minimum absolute atomic E-state index is 0.242. The molecule has 2 aliphatic rings. The van der Waals surface area contributed by atoms with Gasteiger partial charge in [0, 0.05) is 6.42 Å². The van der Waals surface area contributed by atoms with Gasteiger partial charge in [-0.2, -0.15) is 0 Å². The number of hydrogen-bond acceptors (Lipinski definition) is 13. The fourth-order valence-electron chi connectivity index (χ4n) is 11.4. The molecule has 0 aromatic carbocycles. The van der Waals surface area contributed by atoms with Crippen LogP contribution in [0.5, 0.6) is 0 Å². The first-order chi connectivity index (χ1) is 39.6. The lowest BCUT2D eigenvalue weighted by Crippen LogP contribution is -2.65. The smallest absolute Gasteiger partial charge is 0.220 e. The topological polar surface area (TPSA) is 228 Å². The lowest BCUT2D eigenvalue weighted by molar-refractivity contribution is -0.359. The number of carbonyl (C=O) groups is 1. The van der Waals surface area contributed by atoms with Crippen molar-refractivity contribution in [2.75, 3.05) is 19.8 Å². The van der Waals surface area contributed by atoms with Crippen molar-refractivity contribution in [1.82, 2.24) is 5.32 Å². The monoisotopic (exact) mass is 1150 g/mol. The van der Waals surface area contributed by atoms with Crippen molar-refractivity contribution in [3.05, 3.63) is 24.3 Å². The van der Waals surface area contributed by atoms with Gasteiger partial charge < -0.3 is 65.1 Å². The first-order valence-electron chi connectivity index (χ1n) is 34.1. The van der Waals surface area contributed by atoms with Crippen LogP contribution in [0.2, 0.25) is 0 Å². The van der Waals surface area contributed by atoms with Gasteiger partial charge in [0.05, 0.1) is 32.0 Å². The number of nitrogens with one attached hydrogen (secondary N) is 1. The van der Waals surface area contributed by atoms with Gasteiger partial charge in [0.2, 0.25) is 5.91 Å². The second kappa shape index (κ2) is 52.8. The van der Waals surface area contributed by atoms with Crippen LogP contribution in [0, 0.1) is 0 Å². The van der Waals surface area contributed by atoms with Crippen LogP contribution in [0.25, 0.3) is 0 Å². The van der Waals surface area contributed by atoms with E-state index in [1.54, 1.807) is 6.08 Å². The van der Waals surface area contributed by atoms with E-state index in [4.69, 9.17) is 18.9 Å². The maximum atomic E-state index is 13.3. The molecule has 0 aromatic heterocycles. The SMILES string of the molecule is CCCCCCCCCCCCCCCCC/C=C/CC/C=C/C(O)C(COC1OC(CO)C(OC2OC(CO)C(O)C(O)C2O)C(O)C1O)NC(=O)CCCCCCCCCCCCCCCCCCCCCCCCCCCC. The fourth-order valence-corrected chi connectivity index (χ4v) is 11.4. The van der Waals surface area contributed by atoms with Crippen molar-refractivity contribution < 1.29 is 64.6 Å². The summed E-state index contributed by atoms with van der Waals surface area (Å²) in [6, 6.07) is -0.929. The number of unbranched alkanes of at least 4 members (excludes halogenated alkanes) is 41. The third-order valence-corrected chi connectivity index (χ3v) is 16.9. The van der Waals surface area contributed by atoms with Gasteiger partial charge >= 0.3 is 0 Å². The molecule has 2 heterocycles. The second-order valence-electron chi connectivity index (χ2n) is 24.3. The van der Waals surface area contributed by atoms with E-state index in [0.717, 1.165) is 32.1 Å². The summed E-state index contributed by atoms with van der Waals surface area (Å²) in [6.45, 7) is 2.83. The number of ether oxygens (including phenoxy) is 4. The molecule has 12 unspecified atom stereocenters. The van der Waals surface area contributed by atoms with Crippen molar-refractivity contribution >= 4 is 5.91 Å². The molecule has 2 fully saturated rings. The quantitative estimate of drug-likeness (QED) is 0.0204. The molecule has 9 N–H and O–H groups in total. The first kappa shape index (κ1) is 75.6. The maximum Gasteiger partial charge on any atom is 0.220 e. The van der Waals surface area contributed by atoms with Gasteiger partial charge in [-0.1, -0.05) is 289 Å². The Kier molecular flexibility index (Phi) is 49.2. The highest BCUT2D eigenvalue weighted by molar-refractivity contribution is 5.76. The highest BCUT2D eigenvalue weighted by Gasteiger charge is 2.51. The van der Waals surface area contributed by atoms with Crippen molar-refractivity contribution in [3.8, 4) is 0 Å². The van der Waals surface area contributed by atoms with Gasteiger partial charge in [0.15, 0.2) is 12.6 Å². The Bertz CT molecular complexity index is 1450. The van der Waals surface area contributed by atoms with Crippen molar-refractivity contribution in [2.45, 2.75) is 376 Å². The largest absolute Gasteiger partial charge is 0.394 e. The lowest BCUT2D eigenvalue weighted by atomic mass is 9.97. The predicted octanol–water partition coefficient (Wildman–Crippen LogP) is 13.2. The number of hydrogen-bond donors (Lipinski definition) is 9. The highest BCUT2D eigenvalue weighted by atomic mass is 16.7. The minimum Gasteiger partial charge on any atom is -0.394 e. The summed E-state index contributed by atoms with van der Waals surface area (Å²) in [4.78, 5) is 13.3. The first-order valence-corrected chi connectivity index (χ1v) is 34.1. The average Bonchev–Trinajstić information content (AvgIpc) is 3.62. The Hall–Kier alpha value is -1.53. The average molecular weight is 1150 g/mol. The summed E-state index contributed by atoms with van der Waals surface area (Å²) in [6.07, 6.45) is 48.1. The zero-order chi connectivity index (χ0) is 58.8.